The average Bonchev–Trinajstić information content (AvgIpc) is 3.02. The first kappa shape index (κ1) is 18.0. The van der Waals surface area contributed by atoms with E-state index in [0.717, 1.165) is 29.8 Å². The predicted molar refractivity (Wildman–Crippen MR) is 89.9 cm³/mol. The Morgan fingerprint density at radius 3 is 2.35 bits per heavy atom. The third kappa shape index (κ3) is 3.03. The molecule has 0 N–H and O–H groups in total. The van der Waals surface area contributed by atoms with Crippen LogP contribution in [0.25, 0.3) is 0 Å². The summed E-state index contributed by atoms with van der Waals surface area (Å²) in [6.07, 6.45) is 1.74. The summed E-state index contributed by atoms with van der Waals surface area (Å²) in [6, 6.07) is -0.0685. The van der Waals surface area contributed by atoms with E-state index in [1.807, 2.05) is 25.6 Å². The molecule has 1 aliphatic heterocycles. The molecule has 7 heteroatoms. The number of rotatable bonds is 4. The molecule has 1 amide bonds. The van der Waals surface area contributed by atoms with Gasteiger partial charge in [0.2, 0.25) is 5.91 Å². The van der Waals surface area contributed by atoms with Gasteiger partial charge >= 0.3 is 0 Å². The van der Waals surface area contributed by atoms with Crippen LogP contribution in [0.1, 0.15) is 56.6 Å². The Labute approximate surface area is 138 Å². The lowest BCUT2D eigenvalue weighted by atomic mass is 10.0. The van der Waals surface area contributed by atoms with Crippen LogP contribution in [0.4, 0.5) is 0 Å². The summed E-state index contributed by atoms with van der Waals surface area (Å²) in [4.78, 5) is 14.6. The molecule has 0 unspecified atom stereocenters. The van der Waals surface area contributed by atoms with E-state index in [-0.39, 0.29) is 11.9 Å². The Morgan fingerprint density at radius 1 is 1.26 bits per heavy atom. The normalized spacial score (nSPS) is 20.3. The Hall–Kier alpha value is -1.37. The maximum absolute atomic E-state index is 12.8. The molecule has 23 heavy (non-hydrogen) atoms. The van der Waals surface area contributed by atoms with Crippen LogP contribution < -0.4 is 0 Å². The molecule has 6 nitrogen and oxygen atoms in total. The van der Waals surface area contributed by atoms with Crippen molar-refractivity contribution >= 4 is 15.7 Å². The number of hydrogen-bond acceptors (Lipinski definition) is 4. The van der Waals surface area contributed by atoms with Crippen molar-refractivity contribution in [1.82, 2.24) is 14.7 Å². The van der Waals surface area contributed by atoms with Crippen LogP contribution in [0, 0.1) is 13.8 Å². The van der Waals surface area contributed by atoms with Gasteiger partial charge in [0.25, 0.3) is 0 Å². The Morgan fingerprint density at radius 2 is 1.87 bits per heavy atom. The zero-order chi connectivity index (χ0) is 17.5. The van der Waals surface area contributed by atoms with Gasteiger partial charge in [0, 0.05) is 24.8 Å². The van der Waals surface area contributed by atoms with Crippen LogP contribution in [0.3, 0.4) is 0 Å². The first-order valence-electron chi connectivity index (χ1n) is 8.12. The van der Waals surface area contributed by atoms with Crippen molar-refractivity contribution in [1.29, 1.82) is 0 Å². The van der Waals surface area contributed by atoms with E-state index in [9.17, 15) is 13.2 Å². The number of likely N-dealkylation sites (tertiary alicyclic amines) is 1. The third-order valence-corrected chi connectivity index (χ3v) is 7.43. The maximum Gasteiger partial charge on any atom is 0.241 e. The van der Waals surface area contributed by atoms with E-state index in [1.54, 1.807) is 18.7 Å². The number of amides is 1. The van der Waals surface area contributed by atoms with Crippen LogP contribution in [-0.2, 0) is 21.7 Å². The van der Waals surface area contributed by atoms with Gasteiger partial charge in [-0.05, 0) is 47.5 Å². The summed E-state index contributed by atoms with van der Waals surface area (Å²) < 4.78 is 26.5. The fourth-order valence-corrected chi connectivity index (χ4v) is 4.62. The number of carbonyl (C=O) groups is 1. The van der Waals surface area contributed by atoms with Gasteiger partial charge in [0.1, 0.15) is 5.25 Å². The van der Waals surface area contributed by atoms with Gasteiger partial charge in [-0.2, -0.15) is 5.10 Å². The van der Waals surface area contributed by atoms with Crippen molar-refractivity contribution in [3.8, 4) is 0 Å². The van der Waals surface area contributed by atoms with Gasteiger partial charge in [-0.25, -0.2) is 8.42 Å². The maximum atomic E-state index is 12.8. The van der Waals surface area contributed by atoms with Crippen molar-refractivity contribution in [2.24, 2.45) is 7.05 Å². The molecule has 2 atom stereocenters. The second kappa shape index (κ2) is 6.26. The number of aryl methyl sites for hydroxylation is 2. The van der Waals surface area contributed by atoms with E-state index in [1.165, 1.54) is 6.92 Å². The summed E-state index contributed by atoms with van der Waals surface area (Å²) in [7, 11) is -1.56. The molecule has 2 rings (SSSR count). The molecule has 0 aliphatic carbocycles. The van der Waals surface area contributed by atoms with E-state index in [4.69, 9.17) is 0 Å². The quantitative estimate of drug-likeness (QED) is 0.839. The zero-order valence-corrected chi connectivity index (χ0v) is 15.6. The van der Waals surface area contributed by atoms with Gasteiger partial charge in [-0.3, -0.25) is 9.48 Å². The number of sulfone groups is 1. The summed E-state index contributed by atoms with van der Waals surface area (Å²) in [5, 5.41) is 2.88. The van der Waals surface area contributed by atoms with Gasteiger partial charge in [0.15, 0.2) is 9.84 Å². The number of nitrogens with zero attached hydrogens (tertiary/aromatic N) is 3. The largest absolute Gasteiger partial charge is 0.334 e. The lowest BCUT2D eigenvalue weighted by molar-refractivity contribution is -0.131. The smallest absolute Gasteiger partial charge is 0.241 e. The molecule has 0 spiro atoms. The van der Waals surface area contributed by atoms with E-state index in [2.05, 4.69) is 5.10 Å². The third-order valence-electron chi connectivity index (χ3n) is 4.93. The monoisotopic (exact) mass is 341 g/mol. The van der Waals surface area contributed by atoms with Crippen molar-refractivity contribution in [3.05, 3.63) is 17.0 Å². The summed E-state index contributed by atoms with van der Waals surface area (Å²) >= 11 is 0. The highest BCUT2D eigenvalue weighted by Gasteiger charge is 2.40. The van der Waals surface area contributed by atoms with E-state index in [0.29, 0.717) is 6.54 Å². The summed E-state index contributed by atoms with van der Waals surface area (Å²) in [5.41, 5.74) is 3.01. The molecule has 1 saturated heterocycles. The minimum absolute atomic E-state index is 0.0685. The molecule has 0 bridgehead atoms. The zero-order valence-electron chi connectivity index (χ0n) is 14.8. The van der Waals surface area contributed by atoms with Crippen LogP contribution in [-0.4, -0.2) is 46.1 Å². The molecule has 0 radical (unpaired) electrons. The molecular weight excluding hydrogens is 314 g/mol. The molecule has 1 aliphatic rings. The predicted octanol–water partition coefficient (Wildman–Crippen LogP) is 1.91. The topological polar surface area (TPSA) is 72.3 Å². The van der Waals surface area contributed by atoms with Crippen LogP contribution in [0.5, 0.6) is 0 Å². The van der Waals surface area contributed by atoms with Crippen molar-refractivity contribution < 1.29 is 13.2 Å². The fraction of sp³-hybridized carbons (Fsp3) is 0.750. The van der Waals surface area contributed by atoms with Crippen molar-refractivity contribution in [2.45, 2.75) is 64.0 Å². The lowest BCUT2D eigenvalue weighted by Crippen LogP contribution is -2.43. The van der Waals surface area contributed by atoms with Gasteiger partial charge in [-0.1, -0.05) is 0 Å². The van der Waals surface area contributed by atoms with Gasteiger partial charge < -0.3 is 4.90 Å². The lowest BCUT2D eigenvalue weighted by Gasteiger charge is -2.28. The van der Waals surface area contributed by atoms with Crippen LogP contribution >= 0.6 is 0 Å². The average molecular weight is 341 g/mol. The van der Waals surface area contributed by atoms with Gasteiger partial charge in [-0.15, -0.1) is 0 Å². The molecular formula is C16H27N3O3S. The molecule has 2 heterocycles. The van der Waals surface area contributed by atoms with Gasteiger partial charge in [0.05, 0.1) is 17.0 Å². The van der Waals surface area contributed by atoms with Crippen molar-refractivity contribution in [2.75, 3.05) is 6.54 Å². The highest BCUT2D eigenvalue weighted by molar-refractivity contribution is 7.93. The number of hydrogen-bond donors (Lipinski definition) is 0. The fourth-order valence-electron chi connectivity index (χ4n) is 3.39. The van der Waals surface area contributed by atoms with E-state index < -0.39 is 20.3 Å². The molecule has 130 valence electrons. The van der Waals surface area contributed by atoms with Crippen molar-refractivity contribution in [3.63, 3.8) is 0 Å². The number of aromatic nitrogens is 2. The first-order valence-corrected chi connectivity index (χ1v) is 9.73. The van der Waals surface area contributed by atoms with Crippen LogP contribution in [0.2, 0.25) is 0 Å². The molecule has 0 saturated carbocycles. The highest BCUT2D eigenvalue weighted by Crippen LogP contribution is 2.36. The Bertz CT molecular complexity index is 706. The standard InChI is InChI=1S/C16H27N3O3S/c1-10(2)23(21,22)13(5)16(20)19-9-7-8-14(19)15-11(3)17-18(6)12(15)4/h10,13-14H,7-9H2,1-6H3/t13-,14-/m1/s1. The SMILES string of the molecule is Cc1nn(C)c(C)c1[C@H]1CCCN1C(=O)[C@@H](C)S(=O)(=O)C(C)C. The molecule has 1 aromatic heterocycles. The minimum atomic E-state index is -3.45. The number of carbonyl (C=O) groups excluding carboxylic acids is 1. The minimum Gasteiger partial charge on any atom is -0.334 e. The second-order valence-electron chi connectivity index (χ2n) is 6.68. The Kier molecular flexibility index (Phi) is 4.89. The molecule has 1 aromatic rings. The van der Waals surface area contributed by atoms with Crippen LogP contribution in [0.15, 0.2) is 0 Å². The summed E-state index contributed by atoms with van der Waals surface area (Å²) in [5.74, 6) is -0.288. The second-order valence-corrected chi connectivity index (χ2v) is 9.51. The molecule has 1 fully saturated rings. The summed E-state index contributed by atoms with van der Waals surface area (Å²) in [6.45, 7) is 9.29. The first-order chi connectivity index (χ1) is 10.6. The highest BCUT2D eigenvalue weighted by atomic mass is 32.2. The Balaban J connectivity index is 2.34. The molecule has 0 aromatic carbocycles. The van der Waals surface area contributed by atoms with E-state index >= 15 is 0 Å².